The van der Waals surface area contributed by atoms with E-state index in [0.717, 1.165) is 28.1 Å². The number of carbonyl (C=O) groups is 1. The summed E-state index contributed by atoms with van der Waals surface area (Å²) < 4.78 is 31.1. The first kappa shape index (κ1) is 22.0. The third-order valence-corrected chi connectivity index (χ3v) is 6.44. The number of hydrogen-bond acceptors (Lipinski definition) is 4. The molecule has 1 aliphatic heterocycles. The molecule has 0 radical (unpaired) electrons. The number of rotatable bonds is 7. The van der Waals surface area contributed by atoms with Crippen LogP contribution in [0.2, 0.25) is 0 Å². The van der Waals surface area contributed by atoms with Crippen molar-refractivity contribution in [3.63, 3.8) is 0 Å². The van der Waals surface area contributed by atoms with Gasteiger partial charge in [-0.1, -0.05) is 48.5 Å². The Hall–Kier alpha value is -3.16. The molecule has 0 saturated carbocycles. The normalized spacial score (nSPS) is 19.1. The molecule has 7 heteroatoms. The number of ether oxygens (including phenoxy) is 2. The van der Waals surface area contributed by atoms with E-state index in [1.54, 1.807) is 19.1 Å². The van der Waals surface area contributed by atoms with E-state index in [-0.39, 0.29) is 23.5 Å². The van der Waals surface area contributed by atoms with Gasteiger partial charge in [0, 0.05) is 12.5 Å². The van der Waals surface area contributed by atoms with Gasteiger partial charge in [-0.05, 0) is 41.0 Å². The molecule has 0 spiro atoms. The van der Waals surface area contributed by atoms with Crippen molar-refractivity contribution in [2.24, 2.45) is 0 Å². The summed E-state index contributed by atoms with van der Waals surface area (Å²) in [6.45, 7) is 0.501. The molecular weight excluding hydrogens is 426 g/mol. The van der Waals surface area contributed by atoms with Gasteiger partial charge in [-0.3, -0.25) is 4.79 Å². The second-order valence-corrected chi connectivity index (χ2v) is 8.62. The van der Waals surface area contributed by atoms with Crippen LogP contribution in [0, 0.1) is 0 Å². The molecule has 0 bridgehead atoms. The Labute approximate surface area is 190 Å². The fourth-order valence-corrected chi connectivity index (χ4v) is 4.77. The minimum atomic E-state index is -1.89. The van der Waals surface area contributed by atoms with Crippen molar-refractivity contribution in [1.29, 1.82) is 0 Å². The number of amides is 1. The van der Waals surface area contributed by atoms with Crippen LogP contribution in [0.15, 0.2) is 72.8 Å². The molecule has 32 heavy (non-hydrogen) atoms. The minimum Gasteiger partial charge on any atom is -0.497 e. The van der Waals surface area contributed by atoms with E-state index in [4.69, 9.17) is 14.0 Å². The molecule has 3 unspecified atom stereocenters. The summed E-state index contributed by atoms with van der Waals surface area (Å²) in [5, 5.41) is 0. The van der Waals surface area contributed by atoms with Gasteiger partial charge in [-0.25, -0.2) is 4.21 Å². The molecule has 1 heterocycles. The molecule has 166 valence electrons. The number of anilines is 1. The molecular formula is C25H25NO5S. The summed E-state index contributed by atoms with van der Waals surface area (Å²) in [5.41, 5.74) is 3.44. The van der Waals surface area contributed by atoms with E-state index in [2.05, 4.69) is 0 Å². The predicted molar refractivity (Wildman–Crippen MR) is 125 cm³/mol. The van der Waals surface area contributed by atoms with Crippen LogP contribution in [0.1, 0.15) is 28.5 Å². The van der Waals surface area contributed by atoms with Gasteiger partial charge in [0.2, 0.25) is 5.91 Å². The largest absolute Gasteiger partial charge is 0.497 e. The molecule has 3 aromatic carbocycles. The van der Waals surface area contributed by atoms with Crippen LogP contribution in [0.4, 0.5) is 5.69 Å². The van der Waals surface area contributed by atoms with E-state index in [1.165, 1.54) is 0 Å². The fraction of sp³-hybridized carbons (Fsp3) is 0.240. The molecule has 0 aromatic heterocycles. The average Bonchev–Trinajstić information content (AvgIpc) is 3.16. The van der Waals surface area contributed by atoms with Gasteiger partial charge in [0.05, 0.1) is 31.6 Å². The number of benzene rings is 3. The molecule has 1 amide bonds. The summed E-state index contributed by atoms with van der Waals surface area (Å²) in [6, 6.07) is 22.7. The molecule has 0 aliphatic carbocycles. The van der Waals surface area contributed by atoms with Crippen molar-refractivity contribution in [1.82, 2.24) is 0 Å². The Morgan fingerprint density at radius 1 is 0.938 bits per heavy atom. The first-order valence-corrected chi connectivity index (χ1v) is 11.5. The summed E-state index contributed by atoms with van der Waals surface area (Å²) in [5.74, 6) is 1.01. The molecule has 1 aliphatic rings. The standard InChI is InChI=1S/C25H25NO5S/c1-30-20-13-11-19(12-14-20)24-21(18-9-7-17(8-10-18)16-32(28)29)15-26(25(24)27)22-5-3-4-6-23(22)31-2/h3-14,21,24H,15-16H2,1-2H3,(H,28,29). The predicted octanol–water partition coefficient (Wildman–Crippen LogP) is 4.34. The highest BCUT2D eigenvalue weighted by Crippen LogP contribution is 2.44. The summed E-state index contributed by atoms with van der Waals surface area (Å²) in [6.07, 6.45) is 0. The topological polar surface area (TPSA) is 76.1 Å². The molecule has 4 rings (SSSR count). The van der Waals surface area contributed by atoms with Crippen molar-refractivity contribution in [2.45, 2.75) is 17.6 Å². The Morgan fingerprint density at radius 3 is 2.22 bits per heavy atom. The van der Waals surface area contributed by atoms with Crippen molar-refractivity contribution in [2.75, 3.05) is 25.7 Å². The van der Waals surface area contributed by atoms with Crippen LogP contribution in [-0.4, -0.2) is 35.4 Å². The van der Waals surface area contributed by atoms with Gasteiger partial charge in [0.25, 0.3) is 0 Å². The van der Waals surface area contributed by atoms with Crippen LogP contribution < -0.4 is 14.4 Å². The van der Waals surface area contributed by atoms with Gasteiger partial charge in [-0.2, -0.15) is 0 Å². The Morgan fingerprint density at radius 2 is 1.59 bits per heavy atom. The fourth-order valence-electron chi connectivity index (χ4n) is 4.29. The van der Waals surface area contributed by atoms with Crippen LogP contribution in [-0.2, 0) is 21.6 Å². The molecule has 1 N–H and O–H groups in total. The highest BCUT2D eigenvalue weighted by atomic mass is 32.2. The second kappa shape index (κ2) is 9.54. The second-order valence-electron chi connectivity index (χ2n) is 7.69. The molecule has 6 nitrogen and oxygen atoms in total. The Bertz CT molecular complexity index is 1110. The van der Waals surface area contributed by atoms with E-state index >= 15 is 0 Å². The number of methoxy groups -OCH3 is 2. The van der Waals surface area contributed by atoms with Crippen LogP contribution >= 0.6 is 0 Å². The third-order valence-electron chi connectivity index (χ3n) is 5.86. The van der Waals surface area contributed by atoms with E-state index < -0.39 is 11.1 Å². The highest BCUT2D eigenvalue weighted by molar-refractivity contribution is 7.78. The Balaban J connectivity index is 1.74. The van der Waals surface area contributed by atoms with Gasteiger partial charge in [0.15, 0.2) is 11.1 Å². The lowest BCUT2D eigenvalue weighted by atomic mass is 9.83. The van der Waals surface area contributed by atoms with E-state index in [0.29, 0.717) is 12.3 Å². The molecule has 1 fully saturated rings. The van der Waals surface area contributed by atoms with Crippen LogP contribution in [0.3, 0.4) is 0 Å². The first-order valence-electron chi connectivity index (χ1n) is 10.3. The zero-order chi connectivity index (χ0) is 22.7. The first-order chi connectivity index (χ1) is 15.5. The van der Waals surface area contributed by atoms with Crippen molar-refractivity contribution >= 4 is 22.7 Å². The lowest BCUT2D eigenvalue weighted by Gasteiger charge is -2.19. The maximum atomic E-state index is 13.7. The number of nitrogens with zero attached hydrogens (tertiary/aromatic N) is 1. The minimum absolute atomic E-state index is 0.00482. The smallest absolute Gasteiger partial charge is 0.235 e. The van der Waals surface area contributed by atoms with Crippen molar-refractivity contribution < 1.29 is 23.0 Å². The molecule has 3 atom stereocenters. The summed E-state index contributed by atoms with van der Waals surface area (Å²) >= 11 is -1.89. The third kappa shape index (κ3) is 4.40. The number of hydrogen-bond donors (Lipinski definition) is 1. The van der Waals surface area contributed by atoms with Crippen LogP contribution in [0.5, 0.6) is 11.5 Å². The lowest BCUT2D eigenvalue weighted by molar-refractivity contribution is -0.118. The van der Waals surface area contributed by atoms with E-state index in [9.17, 15) is 9.00 Å². The zero-order valence-electron chi connectivity index (χ0n) is 17.9. The lowest BCUT2D eigenvalue weighted by Crippen LogP contribution is -2.26. The zero-order valence-corrected chi connectivity index (χ0v) is 18.7. The van der Waals surface area contributed by atoms with E-state index in [1.807, 2.05) is 72.8 Å². The summed E-state index contributed by atoms with van der Waals surface area (Å²) in [4.78, 5) is 15.5. The Kier molecular flexibility index (Phi) is 6.58. The van der Waals surface area contributed by atoms with Gasteiger partial charge < -0.3 is 18.9 Å². The van der Waals surface area contributed by atoms with Crippen LogP contribution in [0.25, 0.3) is 0 Å². The van der Waals surface area contributed by atoms with Crippen molar-refractivity contribution in [3.8, 4) is 11.5 Å². The van der Waals surface area contributed by atoms with Crippen molar-refractivity contribution in [3.05, 3.63) is 89.5 Å². The maximum absolute atomic E-state index is 13.7. The summed E-state index contributed by atoms with van der Waals surface area (Å²) in [7, 11) is 3.21. The number of para-hydroxylation sites is 2. The molecule has 1 saturated heterocycles. The van der Waals surface area contributed by atoms with Gasteiger partial charge in [0.1, 0.15) is 11.5 Å². The van der Waals surface area contributed by atoms with Gasteiger partial charge >= 0.3 is 0 Å². The SMILES string of the molecule is COc1ccc(C2C(=O)N(c3ccccc3OC)CC2c2ccc(CS(=O)O)cc2)cc1. The van der Waals surface area contributed by atoms with Gasteiger partial charge in [-0.15, -0.1) is 0 Å². The average molecular weight is 452 g/mol. The highest BCUT2D eigenvalue weighted by Gasteiger charge is 2.43. The molecule has 3 aromatic rings. The maximum Gasteiger partial charge on any atom is 0.235 e. The number of carbonyl (C=O) groups excluding carboxylic acids is 1. The quantitative estimate of drug-likeness (QED) is 0.541. The monoisotopic (exact) mass is 451 g/mol.